The van der Waals surface area contributed by atoms with Gasteiger partial charge in [-0.25, -0.2) is 4.79 Å². The summed E-state index contributed by atoms with van der Waals surface area (Å²) in [5.74, 6) is 0.640. The maximum atomic E-state index is 11.7. The van der Waals surface area contributed by atoms with Gasteiger partial charge in [0.15, 0.2) is 0 Å². The summed E-state index contributed by atoms with van der Waals surface area (Å²) in [6.07, 6.45) is 8.57. The number of aryl methyl sites for hydroxylation is 1. The fourth-order valence-electron chi connectivity index (χ4n) is 2.39. The van der Waals surface area contributed by atoms with Gasteiger partial charge in [0, 0.05) is 11.9 Å². The Labute approximate surface area is 114 Å². The number of aromatic nitrogens is 1. The van der Waals surface area contributed by atoms with Crippen molar-refractivity contribution in [2.24, 2.45) is 5.92 Å². The normalized spacial score (nSPS) is 16.4. The number of anilines is 1. The summed E-state index contributed by atoms with van der Waals surface area (Å²) in [7, 11) is 0. The summed E-state index contributed by atoms with van der Waals surface area (Å²) in [6.45, 7) is 4.00. The molecule has 102 valence electrons. The lowest BCUT2D eigenvalue weighted by atomic mass is 10.0. The van der Waals surface area contributed by atoms with Gasteiger partial charge in [-0.3, -0.25) is 4.98 Å². The van der Waals surface area contributed by atoms with Crippen LogP contribution in [-0.4, -0.2) is 11.0 Å². The number of nitrogens with zero attached hydrogens (tertiary/aromatic N) is 1. The molecular weight excluding hydrogens is 238 g/mol. The molecule has 1 aromatic heterocycles. The minimum absolute atomic E-state index is 0.219. The molecule has 1 aromatic rings. The molecule has 1 heterocycles. The quantitative estimate of drug-likeness (QED) is 0.871. The minimum atomic E-state index is -0.219. The molecule has 1 aliphatic rings. The molecule has 2 rings (SSSR count). The first kappa shape index (κ1) is 13.6. The monoisotopic (exact) mass is 259 g/mol. The Balaban J connectivity index is 1.83. The number of amides is 2. The highest BCUT2D eigenvalue weighted by molar-refractivity contribution is 5.89. The summed E-state index contributed by atoms with van der Waals surface area (Å²) in [5.41, 5.74) is 2.90. The van der Waals surface area contributed by atoms with E-state index in [1.165, 1.54) is 31.3 Å². The number of hydrogen-bond donors (Lipinski definition) is 2. The van der Waals surface area contributed by atoms with Crippen molar-refractivity contribution in [3.05, 3.63) is 35.8 Å². The molecule has 0 aromatic carbocycles. The molecule has 1 saturated carbocycles. The van der Waals surface area contributed by atoms with Crippen molar-refractivity contribution in [1.82, 2.24) is 10.3 Å². The molecule has 0 spiro atoms. The number of carbonyl (C=O) groups excluding carboxylic acids is 1. The third-order valence-corrected chi connectivity index (χ3v) is 3.60. The van der Waals surface area contributed by atoms with E-state index < -0.39 is 0 Å². The number of urea groups is 1. The zero-order valence-corrected chi connectivity index (χ0v) is 11.6. The lowest BCUT2D eigenvalue weighted by Gasteiger charge is -2.10. The molecule has 0 atom stereocenters. The standard InChI is InChI=1S/C15H21N3O/c1-11(13-5-3-4-6-13)9-17-15(19)18-14-8-7-12(2)16-10-14/h7-10,13H,3-6H2,1-2H3,(H2,17,18,19)/b11-9+. The SMILES string of the molecule is C/C(=C\NC(=O)Nc1ccc(C)nc1)C1CCCC1. The number of nitrogens with one attached hydrogen (secondary N) is 2. The molecule has 0 aliphatic heterocycles. The van der Waals surface area contributed by atoms with Crippen molar-refractivity contribution in [1.29, 1.82) is 0 Å². The highest BCUT2D eigenvalue weighted by atomic mass is 16.2. The van der Waals surface area contributed by atoms with Gasteiger partial charge in [0.2, 0.25) is 0 Å². The van der Waals surface area contributed by atoms with E-state index in [1.807, 2.05) is 25.3 Å². The Morgan fingerprint density at radius 3 is 2.74 bits per heavy atom. The van der Waals surface area contributed by atoms with Gasteiger partial charge in [0.1, 0.15) is 0 Å². The van der Waals surface area contributed by atoms with Crippen LogP contribution < -0.4 is 10.6 Å². The highest BCUT2D eigenvalue weighted by Crippen LogP contribution is 2.30. The second-order valence-electron chi connectivity index (χ2n) is 5.16. The van der Waals surface area contributed by atoms with Gasteiger partial charge < -0.3 is 10.6 Å². The van der Waals surface area contributed by atoms with E-state index in [0.717, 1.165) is 5.69 Å². The van der Waals surface area contributed by atoms with Gasteiger partial charge in [-0.2, -0.15) is 0 Å². The Morgan fingerprint density at radius 2 is 2.11 bits per heavy atom. The van der Waals surface area contributed by atoms with E-state index in [-0.39, 0.29) is 6.03 Å². The van der Waals surface area contributed by atoms with Crippen molar-refractivity contribution in [3.8, 4) is 0 Å². The molecule has 0 bridgehead atoms. The van der Waals surface area contributed by atoms with Crippen LogP contribution in [0.15, 0.2) is 30.1 Å². The summed E-state index contributed by atoms with van der Waals surface area (Å²) in [4.78, 5) is 15.9. The Kier molecular flexibility index (Phi) is 4.55. The number of allylic oxidation sites excluding steroid dienone is 1. The van der Waals surface area contributed by atoms with Gasteiger partial charge in [0.05, 0.1) is 11.9 Å². The molecule has 19 heavy (non-hydrogen) atoms. The molecule has 4 nitrogen and oxygen atoms in total. The average molecular weight is 259 g/mol. The number of carbonyl (C=O) groups is 1. The number of pyridine rings is 1. The third kappa shape index (κ3) is 4.09. The van der Waals surface area contributed by atoms with Gasteiger partial charge in [0.25, 0.3) is 0 Å². The summed E-state index contributed by atoms with van der Waals surface area (Å²) < 4.78 is 0. The van der Waals surface area contributed by atoms with Crippen LogP contribution in [0.5, 0.6) is 0 Å². The second kappa shape index (κ2) is 6.36. The average Bonchev–Trinajstić information content (AvgIpc) is 2.93. The number of hydrogen-bond acceptors (Lipinski definition) is 2. The molecule has 1 fully saturated rings. The molecular formula is C15H21N3O. The van der Waals surface area contributed by atoms with Crippen LogP contribution in [0.4, 0.5) is 10.5 Å². The smallest absolute Gasteiger partial charge is 0.314 e. The van der Waals surface area contributed by atoms with Crippen LogP contribution in [0, 0.1) is 12.8 Å². The molecule has 4 heteroatoms. The first-order valence-corrected chi connectivity index (χ1v) is 6.82. The van der Waals surface area contributed by atoms with Gasteiger partial charge in [-0.05, 0) is 44.7 Å². The lowest BCUT2D eigenvalue weighted by Crippen LogP contribution is -2.24. The Morgan fingerprint density at radius 1 is 1.37 bits per heavy atom. The van der Waals surface area contributed by atoms with E-state index in [9.17, 15) is 4.79 Å². The Bertz CT molecular complexity index is 459. The third-order valence-electron chi connectivity index (χ3n) is 3.60. The van der Waals surface area contributed by atoms with Crippen LogP contribution in [0.2, 0.25) is 0 Å². The second-order valence-corrected chi connectivity index (χ2v) is 5.16. The zero-order valence-electron chi connectivity index (χ0n) is 11.6. The van der Waals surface area contributed by atoms with Crippen LogP contribution >= 0.6 is 0 Å². The number of rotatable bonds is 3. The summed E-state index contributed by atoms with van der Waals surface area (Å²) >= 11 is 0. The van der Waals surface area contributed by atoms with Gasteiger partial charge in [-0.15, -0.1) is 0 Å². The minimum Gasteiger partial charge on any atom is -0.314 e. The molecule has 0 saturated heterocycles. The summed E-state index contributed by atoms with van der Waals surface area (Å²) in [5, 5.41) is 5.54. The molecule has 1 aliphatic carbocycles. The van der Waals surface area contributed by atoms with Crippen molar-refractivity contribution in [3.63, 3.8) is 0 Å². The summed E-state index contributed by atoms with van der Waals surface area (Å²) in [6, 6.07) is 3.49. The van der Waals surface area contributed by atoms with Gasteiger partial charge >= 0.3 is 6.03 Å². The fraction of sp³-hybridized carbons (Fsp3) is 0.467. The molecule has 0 radical (unpaired) electrons. The maximum Gasteiger partial charge on any atom is 0.323 e. The van der Waals surface area contributed by atoms with Gasteiger partial charge in [-0.1, -0.05) is 18.4 Å². The lowest BCUT2D eigenvalue weighted by molar-refractivity contribution is 0.255. The van der Waals surface area contributed by atoms with Crippen LogP contribution in [0.1, 0.15) is 38.3 Å². The van der Waals surface area contributed by atoms with Crippen LogP contribution in [0.3, 0.4) is 0 Å². The van der Waals surface area contributed by atoms with E-state index in [0.29, 0.717) is 11.6 Å². The zero-order chi connectivity index (χ0) is 13.7. The van der Waals surface area contributed by atoms with Crippen molar-refractivity contribution in [2.75, 3.05) is 5.32 Å². The first-order valence-electron chi connectivity index (χ1n) is 6.82. The van der Waals surface area contributed by atoms with E-state index >= 15 is 0 Å². The largest absolute Gasteiger partial charge is 0.323 e. The van der Waals surface area contributed by atoms with E-state index in [1.54, 1.807) is 6.20 Å². The highest BCUT2D eigenvalue weighted by Gasteiger charge is 2.16. The van der Waals surface area contributed by atoms with Crippen LogP contribution in [-0.2, 0) is 0 Å². The topological polar surface area (TPSA) is 54.0 Å². The van der Waals surface area contributed by atoms with E-state index in [4.69, 9.17) is 0 Å². The molecule has 2 amide bonds. The fourth-order valence-corrected chi connectivity index (χ4v) is 2.39. The van der Waals surface area contributed by atoms with Crippen molar-refractivity contribution >= 4 is 11.7 Å². The Hall–Kier alpha value is -1.84. The van der Waals surface area contributed by atoms with Crippen molar-refractivity contribution in [2.45, 2.75) is 39.5 Å². The van der Waals surface area contributed by atoms with E-state index in [2.05, 4.69) is 22.5 Å². The van der Waals surface area contributed by atoms with Crippen molar-refractivity contribution < 1.29 is 4.79 Å². The van der Waals surface area contributed by atoms with Crippen LogP contribution in [0.25, 0.3) is 0 Å². The predicted octanol–water partition coefficient (Wildman–Crippen LogP) is 3.61. The maximum absolute atomic E-state index is 11.7. The molecule has 2 N–H and O–H groups in total. The predicted molar refractivity (Wildman–Crippen MR) is 76.8 cm³/mol. The first-order chi connectivity index (χ1) is 9.15. The molecule has 0 unspecified atom stereocenters.